The van der Waals surface area contributed by atoms with Crippen LogP contribution < -0.4 is 5.43 Å². The Kier molecular flexibility index (Phi) is 3.67. The van der Waals surface area contributed by atoms with Crippen LogP contribution in [-0.4, -0.2) is 32.5 Å². The molecule has 1 unspecified atom stereocenters. The third kappa shape index (κ3) is 2.54. The van der Waals surface area contributed by atoms with Gasteiger partial charge in [0.2, 0.25) is 0 Å². The number of aromatic nitrogens is 3. The van der Waals surface area contributed by atoms with Crippen LogP contribution in [-0.2, 0) is 0 Å². The summed E-state index contributed by atoms with van der Waals surface area (Å²) < 4.78 is 0. The molecule has 0 bridgehead atoms. The van der Waals surface area contributed by atoms with Crippen molar-refractivity contribution < 1.29 is 4.79 Å². The Balaban J connectivity index is 1.74. The number of aromatic amines is 2. The molecule has 25 heavy (non-hydrogen) atoms. The third-order valence-corrected chi connectivity index (χ3v) is 5.00. The lowest BCUT2D eigenvalue weighted by atomic mass is 10.0. The summed E-state index contributed by atoms with van der Waals surface area (Å²) in [5, 5.41) is 7.86. The number of aryl methyl sites for hydroxylation is 2. The number of carbonyl (C=O) groups is 1. The number of likely N-dealkylation sites (tertiary alicyclic amines) is 1. The molecule has 4 rings (SSSR count). The zero-order valence-electron chi connectivity index (χ0n) is 14.3. The first-order chi connectivity index (χ1) is 12.1. The normalized spacial score (nSPS) is 17.4. The fourth-order valence-corrected chi connectivity index (χ4v) is 3.83. The van der Waals surface area contributed by atoms with Gasteiger partial charge in [-0.25, -0.2) is 0 Å². The molecular formula is C19H20N4O2. The number of rotatable bonds is 2. The number of hydrogen-bond donors (Lipinski definition) is 2. The average Bonchev–Trinajstić information content (AvgIpc) is 3.20. The van der Waals surface area contributed by atoms with E-state index in [0.29, 0.717) is 23.1 Å². The van der Waals surface area contributed by atoms with Crippen LogP contribution in [0.1, 0.15) is 46.3 Å². The predicted octanol–water partition coefficient (Wildman–Crippen LogP) is 2.85. The summed E-state index contributed by atoms with van der Waals surface area (Å²) in [6, 6.07) is 8.66. The van der Waals surface area contributed by atoms with Gasteiger partial charge in [0.15, 0.2) is 5.43 Å². The van der Waals surface area contributed by atoms with Crippen LogP contribution in [0.5, 0.6) is 0 Å². The first-order valence-corrected chi connectivity index (χ1v) is 8.51. The molecule has 1 aliphatic heterocycles. The van der Waals surface area contributed by atoms with Crippen molar-refractivity contribution in [2.45, 2.75) is 32.7 Å². The van der Waals surface area contributed by atoms with E-state index in [2.05, 4.69) is 15.2 Å². The molecule has 0 saturated carbocycles. The number of para-hydroxylation sites is 1. The molecule has 1 aliphatic rings. The smallest absolute Gasteiger partial charge is 0.270 e. The molecule has 3 heterocycles. The second-order valence-corrected chi connectivity index (χ2v) is 6.60. The predicted molar refractivity (Wildman–Crippen MR) is 95.6 cm³/mol. The second kappa shape index (κ2) is 5.88. The Bertz CT molecular complexity index is 998. The van der Waals surface area contributed by atoms with Crippen LogP contribution >= 0.6 is 0 Å². The monoisotopic (exact) mass is 336 g/mol. The molecule has 1 aromatic carbocycles. The molecule has 3 aromatic rings. The van der Waals surface area contributed by atoms with Crippen LogP contribution in [0.2, 0.25) is 0 Å². The van der Waals surface area contributed by atoms with E-state index < -0.39 is 0 Å². The molecule has 1 amide bonds. The average molecular weight is 336 g/mol. The summed E-state index contributed by atoms with van der Waals surface area (Å²) in [6.07, 6.45) is 1.85. The highest BCUT2D eigenvalue weighted by molar-refractivity contribution is 5.95. The van der Waals surface area contributed by atoms with Crippen molar-refractivity contribution >= 4 is 16.8 Å². The zero-order valence-corrected chi connectivity index (χ0v) is 14.3. The van der Waals surface area contributed by atoms with Crippen molar-refractivity contribution in [3.63, 3.8) is 0 Å². The van der Waals surface area contributed by atoms with Crippen molar-refractivity contribution in [2.75, 3.05) is 6.54 Å². The van der Waals surface area contributed by atoms with Crippen LogP contribution in [0.3, 0.4) is 0 Å². The van der Waals surface area contributed by atoms with E-state index in [0.717, 1.165) is 29.8 Å². The van der Waals surface area contributed by atoms with Crippen LogP contribution in [0.25, 0.3) is 10.9 Å². The molecule has 0 radical (unpaired) electrons. The minimum absolute atomic E-state index is 0.00113. The molecule has 1 fully saturated rings. The van der Waals surface area contributed by atoms with Gasteiger partial charge in [-0.15, -0.1) is 0 Å². The van der Waals surface area contributed by atoms with E-state index in [9.17, 15) is 9.59 Å². The van der Waals surface area contributed by atoms with E-state index in [-0.39, 0.29) is 17.4 Å². The number of fused-ring (bicyclic) bond motifs is 1. The van der Waals surface area contributed by atoms with Gasteiger partial charge >= 0.3 is 0 Å². The molecule has 128 valence electrons. The Labute approximate surface area is 144 Å². The highest BCUT2D eigenvalue weighted by atomic mass is 16.2. The van der Waals surface area contributed by atoms with Gasteiger partial charge < -0.3 is 9.88 Å². The summed E-state index contributed by atoms with van der Waals surface area (Å²) in [7, 11) is 0. The summed E-state index contributed by atoms with van der Waals surface area (Å²) in [4.78, 5) is 30.4. The summed E-state index contributed by atoms with van der Waals surface area (Å²) in [6.45, 7) is 4.62. The number of H-pyrrole nitrogens is 2. The van der Waals surface area contributed by atoms with E-state index in [4.69, 9.17) is 0 Å². The fraction of sp³-hybridized carbons (Fsp3) is 0.316. The molecule has 2 N–H and O–H groups in total. The summed E-state index contributed by atoms with van der Waals surface area (Å²) >= 11 is 0. The van der Waals surface area contributed by atoms with Gasteiger partial charge in [0, 0.05) is 34.8 Å². The van der Waals surface area contributed by atoms with Gasteiger partial charge in [-0.2, -0.15) is 5.10 Å². The van der Waals surface area contributed by atoms with Gasteiger partial charge in [0.05, 0.1) is 11.7 Å². The Morgan fingerprint density at radius 1 is 1.28 bits per heavy atom. The first-order valence-electron chi connectivity index (χ1n) is 8.51. The molecule has 0 spiro atoms. The molecular weight excluding hydrogens is 316 g/mol. The zero-order chi connectivity index (χ0) is 17.6. The van der Waals surface area contributed by atoms with Gasteiger partial charge in [-0.1, -0.05) is 12.1 Å². The van der Waals surface area contributed by atoms with Gasteiger partial charge in [0.25, 0.3) is 5.91 Å². The molecule has 6 heteroatoms. The SMILES string of the molecule is Cc1n[nH]c(C)c1C1CCCN1C(=O)c1cc(=O)c2ccccc2[nH]1. The maximum Gasteiger partial charge on any atom is 0.270 e. The third-order valence-electron chi connectivity index (χ3n) is 5.00. The summed E-state index contributed by atoms with van der Waals surface area (Å²) in [5.74, 6) is -0.134. The van der Waals surface area contributed by atoms with Crippen LogP contribution in [0.4, 0.5) is 0 Å². The van der Waals surface area contributed by atoms with E-state index in [1.54, 1.807) is 6.07 Å². The Morgan fingerprint density at radius 3 is 2.84 bits per heavy atom. The second-order valence-electron chi connectivity index (χ2n) is 6.60. The largest absolute Gasteiger partial charge is 0.350 e. The number of pyridine rings is 1. The minimum Gasteiger partial charge on any atom is -0.350 e. The highest BCUT2D eigenvalue weighted by Gasteiger charge is 2.33. The van der Waals surface area contributed by atoms with Crippen LogP contribution in [0, 0.1) is 13.8 Å². The van der Waals surface area contributed by atoms with Crippen LogP contribution in [0.15, 0.2) is 35.1 Å². The van der Waals surface area contributed by atoms with Gasteiger partial charge in [-0.3, -0.25) is 14.7 Å². The van der Waals surface area contributed by atoms with Crippen molar-refractivity contribution in [1.82, 2.24) is 20.1 Å². The number of benzene rings is 1. The topological polar surface area (TPSA) is 81.8 Å². The summed E-state index contributed by atoms with van der Waals surface area (Å²) in [5.41, 5.74) is 3.90. The minimum atomic E-state index is -0.135. The van der Waals surface area contributed by atoms with Gasteiger partial charge in [-0.05, 0) is 38.8 Å². The number of nitrogens with one attached hydrogen (secondary N) is 2. The Morgan fingerprint density at radius 2 is 2.08 bits per heavy atom. The molecule has 1 saturated heterocycles. The van der Waals surface area contributed by atoms with E-state index >= 15 is 0 Å². The molecule has 2 aromatic heterocycles. The number of amides is 1. The van der Waals surface area contributed by atoms with Gasteiger partial charge in [0.1, 0.15) is 5.69 Å². The van der Waals surface area contributed by atoms with E-state index in [1.165, 1.54) is 6.07 Å². The van der Waals surface area contributed by atoms with Crippen molar-refractivity contribution in [2.24, 2.45) is 0 Å². The highest BCUT2D eigenvalue weighted by Crippen LogP contribution is 2.35. The number of carbonyl (C=O) groups excluding carboxylic acids is 1. The first kappa shape index (κ1) is 15.6. The molecule has 6 nitrogen and oxygen atoms in total. The lowest BCUT2D eigenvalue weighted by Gasteiger charge is -2.25. The molecule has 1 atom stereocenters. The fourth-order valence-electron chi connectivity index (χ4n) is 3.83. The van der Waals surface area contributed by atoms with Crippen molar-refractivity contribution in [3.05, 3.63) is 63.2 Å². The quantitative estimate of drug-likeness (QED) is 0.755. The number of hydrogen-bond acceptors (Lipinski definition) is 3. The maximum atomic E-state index is 13.1. The lowest BCUT2D eigenvalue weighted by molar-refractivity contribution is 0.0729. The molecule has 0 aliphatic carbocycles. The van der Waals surface area contributed by atoms with Crippen molar-refractivity contribution in [3.8, 4) is 0 Å². The number of nitrogens with zero attached hydrogens (tertiary/aromatic N) is 2. The Hall–Kier alpha value is -2.89. The maximum absolute atomic E-state index is 13.1. The van der Waals surface area contributed by atoms with Crippen molar-refractivity contribution in [1.29, 1.82) is 0 Å². The standard InChI is InChI=1S/C19H20N4O2/c1-11-18(12(2)22-21-11)16-8-5-9-23(16)19(25)15-10-17(24)13-6-3-4-7-14(13)20-15/h3-4,6-7,10,16H,5,8-9H2,1-2H3,(H,20,24)(H,21,22). The lowest BCUT2D eigenvalue weighted by Crippen LogP contribution is -2.32. The van der Waals surface area contributed by atoms with E-state index in [1.807, 2.05) is 36.9 Å².